The minimum Gasteiger partial charge on any atom is -0.480 e. The van der Waals surface area contributed by atoms with Gasteiger partial charge >= 0.3 is 11.9 Å². The fourth-order valence-corrected chi connectivity index (χ4v) is 4.23. The average molecular weight is 430 g/mol. The molecule has 0 bridgehead atoms. The van der Waals surface area contributed by atoms with E-state index in [1.54, 1.807) is 26.2 Å². The standard InChI is InChI=1S/C21H35NO6S/c1-13-7-6-8-14(2)17(27-5)9-10-21(4,26)18(11-19(23)28-15(13)3)29-12-16(22)20(24)25/h8-10,13,15-18,26H,6-7,11-12,22H2,1-5H3,(H,24,25). The van der Waals surface area contributed by atoms with Crippen LogP contribution in [0.2, 0.25) is 0 Å². The van der Waals surface area contributed by atoms with Gasteiger partial charge in [-0.3, -0.25) is 9.59 Å². The molecule has 0 radical (unpaired) electrons. The van der Waals surface area contributed by atoms with Crippen molar-refractivity contribution in [2.45, 2.75) is 76.1 Å². The Kier molecular flexibility index (Phi) is 10.4. The summed E-state index contributed by atoms with van der Waals surface area (Å²) in [6.07, 6.45) is 6.56. The molecular weight excluding hydrogens is 394 g/mol. The maximum absolute atomic E-state index is 12.5. The lowest BCUT2D eigenvalue weighted by molar-refractivity contribution is -0.151. The topological polar surface area (TPSA) is 119 Å². The van der Waals surface area contributed by atoms with Crippen LogP contribution in [0.25, 0.3) is 0 Å². The summed E-state index contributed by atoms with van der Waals surface area (Å²) in [5, 5.41) is 19.5. The predicted molar refractivity (Wildman–Crippen MR) is 115 cm³/mol. The molecule has 4 N–H and O–H groups in total. The van der Waals surface area contributed by atoms with Crippen molar-refractivity contribution >= 4 is 23.7 Å². The number of aliphatic hydroxyl groups is 1. The van der Waals surface area contributed by atoms with Crippen LogP contribution >= 0.6 is 11.8 Å². The molecule has 6 atom stereocenters. The van der Waals surface area contributed by atoms with E-state index in [0.717, 1.165) is 30.2 Å². The van der Waals surface area contributed by atoms with Crippen molar-refractivity contribution in [1.82, 2.24) is 0 Å². The Morgan fingerprint density at radius 1 is 1.48 bits per heavy atom. The molecule has 0 spiro atoms. The van der Waals surface area contributed by atoms with E-state index in [2.05, 4.69) is 6.08 Å². The van der Waals surface area contributed by atoms with Crippen molar-refractivity contribution in [1.29, 1.82) is 0 Å². The molecule has 1 aliphatic rings. The molecule has 0 aromatic carbocycles. The Balaban J connectivity index is 3.17. The van der Waals surface area contributed by atoms with Crippen LogP contribution in [0.4, 0.5) is 0 Å². The third-order valence-electron chi connectivity index (χ3n) is 5.32. The number of thioether (sulfide) groups is 1. The number of cyclic esters (lactones) is 1. The number of carboxylic acid groups (broad SMARTS) is 1. The zero-order valence-corrected chi connectivity index (χ0v) is 18.8. The molecule has 8 heteroatoms. The van der Waals surface area contributed by atoms with E-state index < -0.39 is 28.8 Å². The highest BCUT2D eigenvalue weighted by molar-refractivity contribution is 8.00. The van der Waals surface area contributed by atoms with E-state index in [-0.39, 0.29) is 30.3 Å². The fraction of sp³-hybridized carbons (Fsp3) is 0.714. The maximum Gasteiger partial charge on any atom is 0.321 e. The van der Waals surface area contributed by atoms with Gasteiger partial charge in [0, 0.05) is 18.1 Å². The monoisotopic (exact) mass is 429 g/mol. The molecule has 166 valence electrons. The van der Waals surface area contributed by atoms with Crippen molar-refractivity contribution in [3.05, 3.63) is 23.8 Å². The summed E-state index contributed by atoms with van der Waals surface area (Å²) in [7, 11) is 1.60. The Morgan fingerprint density at radius 2 is 2.14 bits per heavy atom. The van der Waals surface area contributed by atoms with E-state index in [9.17, 15) is 14.7 Å². The van der Waals surface area contributed by atoms with Crippen molar-refractivity contribution in [2.75, 3.05) is 12.9 Å². The first-order chi connectivity index (χ1) is 13.5. The Hall–Kier alpha value is -1.35. The smallest absolute Gasteiger partial charge is 0.321 e. The number of carboxylic acids is 1. The number of carbonyl (C=O) groups is 2. The normalized spacial score (nSPS) is 33.3. The van der Waals surface area contributed by atoms with Crippen LogP contribution in [-0.4, -0.2) is 64.1 Å². The molecule has 0 aromatic heterocycles. The lowest BCUT2D eigenvalue weighted by Crippen LogP contribution is -2.40. The number of aliphatic carboxylic acids is 1. The van der Waals surface area contributed by atoms with Crippen molar-refractivity contribution in [3.8, 4) is 0 Å². The Labute approximate surface area is 177 Å². The number of hydrogen-bond acceptors (Lipinski definition) is 7. The molecule has 1 aliphatic heterocycles. The van der Waals surface area contributed by atoms with Gasteiger partial charge in [-0.25, -0.2) is 0 Å². The summed E-state index contributed by atoms with van der Waals surface area (Å²) >= 11 is 1.15. The first-order valence-electron chi connectivity index (χ1n) is 9.88. The Morgan fingerprint density at radius 3 is 2.72 bits per heavy atom. The van der Waals surface area contributed by atoms with Gasteiger partial charge in [-0.15, -0.1) is 0 Å². The van der Waals surface area contributed by atoms with E-state index in [1.165, 1.54) is 0 Å². The zero-order chi connectivity index (χ0) is 22.2. The first-order valence-corrected chi connectivity index (χ1v) is 10.9. The van der Waals surface area contributed by atoms with Gasteiger partial charge in [-0.2, -0.15) is 11.8 Å². The molecule has 29 heavy (non-hydrogen) atoms. The summed E-state index contributed by atoms with van der Waals surface area (Å²) in [4.78, 5) is 23.5. The quantitative estimate of drug-likeness (QED) is 0.451. The second kappa shape index (κ2) is 11.7. The van der Waals surface area contributed by atoms with E-state index in [1.807, 2.05) is 20.8 Å². The molecule has 0 aliphatic carbocycles. The number of nitrogens with two attached hydrogens (primary N) is 1. The van der Waals surface area contributed by atoms with Gasteiger partial charge in [0.15, 0.2) is 0 Å². The lowest BCUT2D eigenvalue weighted by atomic mass is 9.95. The predicted octanol–water partition coefficient (Wildman–Crippen LogP) is 2.52. The molecule has 0 amide bonds. The van der Waals surface area contributed by atoms with Gasteiger partial charge in [0.2, 0.25) is 0 Å². The van der Waals surface area contributed by atoms with E-state index >= 15 is 0 Å². The first kappa shape index (κ1) is 25.7. The number of allylic oxidation sites excluding steroid dienone is 1. The van der Waals surface area contributed by atoms with Gasteiger partial charge in [-0.1, -0.05) is 25.2 Å². The molecule has 0 aromatic rings. The van der Waals surface area contributed by atoms with Crippen LogP contribution in [0.15, 0.2) is 23.8 Å². The van der Waals surface area contributed by atoms with Gasteiger partial charge in [0.25, 0.3) is 0 Å². The fourth-order valence-electron chi connectivity index (χ4n) is 2.98. The van der Waals surface area contributed by atoms with Crippen molar-refractivity contribution < 1.29 is 29.3 Å². The molecule has 1 rings (SSSR count). The summed E-state index contributed by atoms with van der Waals surface area (Å²) in [5.74, 6) is -1.31. The van der Waals surface area contributed by atoms with Crippen LogP contribution in [0.5, 0.6) is 0 Å². The van der Waals surface area contributed by atoms with Crippen LogP contribution < -0.4 is 5.73 Å². The minimum absolute atomic E-state index is 0.0577. The highest BCUT2D eigenvalue weighted by Crippen LogP contribution is 2.30. The molecule has 1 heterocycles. The molecule has 0 saturated carbocycles. The average Bonchev–Trinajstić information content (AvgIpc) is 2.63. The van der Waals surface area contributed by atoms with Crippen LogP contribution in [0.3, 0.4) is 0 Å². The summed E-state index contributed by atoms with van der Waals surface area (Å²) in [6.45, 7) is 7.47. The van der Waals surface area contributed by atoms with Crippen LogP contribution in [0, 0.1) is 5.92 Å². The third-order valence-corrected chi connectivity index (χ3v) is 6.91. The number of hydrogen-bond donors (Lipinski definition) is 3. The van der Waals surface area contributed by atoms with Gasteiger partial charge in [0.1, 0.15) is 12.1 Å². The second-order valence-electron chi connectivity index (χ2n) is 7.91. The number of methoxy groups -OCH3 is 1. The molecule has 7 nitrogen and oxygen atoms in total. The summed E-state index contributed by atoms with van der Waals surface area (Å²) in [6, 6.07) is -1.08. The summed E-state index contributed by atoms with van der Waals surface area (Å²) < 4.78 is 11.1. The number of ether oxygens (including phenoxy) is 2. The minimum atomic E-state index is -1.39. The van der Waals surface area contributed by atoms with Crippen molar-refractivity contribution in [2.24, 2.45) is 11.7 Å². The highest BCUT2D eigenvalue weighted by Gasteiger charge is 2.34. The maximum atomic E-state index is 12.5. The van der Waals surface area contributed by atoms with Gasteiger partial charge < -0.3 is 25.4 Å². The second-order valence-corrected chi connectivity index (χ2v) is 9.15. The van der Waals surface area contributed by atoms with E-state index in [4.69, 9.17) is 20.3 Å². The molecular formula is C21H35NO6S. The zero-order valence-electron chi connectivity index (χ0n) is 18.0. The third kappa shape index (κ3) is 8.50. The van der Waals surface area contributed by atoms with Crippen molar-refractivity contribution in [3.63, 3.8) is 0 Å². The van der Waals surface area contributed by atoms with Gasteiger partial charge in [0.05, 0.1) is 18.1 Å². The van der Waals surface area contributed by atoms with Crippen LogP contribution in [0.1, 0.15) is 47.0 Å². The Bertz CT molecular complexity index is 618. The van der Waals surface area contributed by atoms with Gasteiger partial charge in [-0.05, 0) is 45.1 Å². The number of carbonyl (C=O) groups excluding carboxylic acids is 1. The molecule has 0 saturated heterocycles. The molecule has 6 unspecified atom stereocenters. The number of esters is 1. The number of rotatable bonds is 5. The molecule has 0 fully saturated rings. The largest absolute Gasteiger partial charge is 0.480 e. The lowest BCUT2D eigenvalue weighted by Gasteiger charge is -2.31. The SMILES string of the molecule is COC1C=CC(C)(O)C(SCC(N)C(=O)O)CC(=O)OC(C)C(C)CCC=C1C. The van der Waals surface area contributed by atoms with E-state index in [0.29, 0.717) is 0 Å². The van der Waals surface area contributed by atoms with Crippen LogP contribution in [-0.2, 0) is 19.1 Å². The summed E-state index contributed by atoms with van der Waals surface area (Å²) in [5.41, 5.74) is 5.25. The highest BCUT2D eigenvalue weighted by atomic mass is 32.2.